The van der Waals surface area contributed by atoms with Crippen LogP contribution in [0.25, 0.3) is 11.3 Å². The van der Waals surface area contributed by atoms with E-state index < -0.39 is 0 Å². The van der Waals surface area contributed by atoms with Crippen LogP contribution >= 0.6 is 0 Å². The Morgan fingerprint density at radius 3 is 2.73 bits per heavy atom. The maximum atomic E-state index is 13.4. The van der Waals surface area contributed by atoms with Gasteiger partial charge < -0.3 is 5.11 Å². The molecule has 0 spiro atoms. The Balaban J connectivity index is 2.50. The molecule has 0 atom stereocenters. The summed E-state index contributed by atoms with van der Waals surface area (Å²) in [6, 6.07) is 8.13. The Bertz CT molecular complexity index is 479. The van der Waals surface area contributed by atoms with Crippen LogP contribution in [0.5, 0.6) is 0 Å². The molecule has 1 N–H and O–H groups in total. The quantitative estimate of drug-likeness (QED) is 0.812. The van der Waals surface area contributed by atoms with E-state index in [4.69, 9.17) is 5.11 Å². The number of nitrogens with zero attached hydrogens (tertiary/aromatic N) is 2. The van der Waals surface area contributed by atoms with E-state index in [9.17, 15) is 4.39 Å². The first-order valence-corrected chi connectivity index (χ1v) is 4.61. The highest BCUT2D eigenvalue weighted by molar-refractivity contribution is 5.59. The second kappa shape index (κ2) is 3.82. The van der Waals surface area contributed by atoms with Crippen molar-refractivity contribution in [2.75, 3.05) is 0 Å². The summed E-state index contributed by atoms with van der Waals surface area (Å²) >= 11 is 0. The van der Waals surface area contributed by atoms with Crippen molar-refractivity contribution < 1.29 is 9.50 Å². The second-order valence-electron chi connectivity index (χ2n) is 3.28. The van der Waals surface area contributed by atoms with Gasteiger partial charge in [0.2, 0.25) is 0 Å². The van der Waals surface area contributed by atoms with E-state index in [1.807, 2.05) is 0 Å². The summed E-state index contributed by atoms with van der Waals surface area (Å²) < 4.78 is 15.0. The first kappa shape index (κ1) is 9.86. The summed E-state index contributed by atoms with van der Waals surface area (Å²) in [5.74, 6) is -0.305. The minimum absolute atomic E-state index is 0.0993. The summed E-state index contributed by atoms with van der Waals surface area (Å²) in [7, 11) is 1.72. The normalized spacial score (nSPS) is 10.6. The van der Waals surface area contributed by atoms with Crippen molar-refractivity contribution in [2.45, 2.75) is 6.61 Å². The molecule has 1 aromatic carbocycles. The van der Waals surface area contributed by atoms with Crippen LogP contribution in [0.1, 0.15) is 5.69 Å². The highest BCUT2D eigenvalue weighted by atomic mass is 19.1. The van der Waals surface area contributed by atoms with Crippen LogP contribution in [-0.2, 0) is 13.7 Å². The van der Waals surface area contributed by atoms with E-state index in [0.717, 1.165) is 0 Å². The van der Waals surface area contributed by atoms with Crippen LogP contribution in [-0.4, -0.2) is 14.9 Å². The predicted octanol–water partition coefficient (Wildman–Crippen LogP) is 1.72. The first-order valence-electron chi connectivity index (χ1n) is 4.61. The zero-order chi connectivity index (χ0) is 10.8. The molecule has 1 aromatic heterocycles. The second-order valence-corrected chi connectivity index (χ2v) is 3.28. The number of aliphatic hydroxyl groups is 1. The summed E-state index contributed by atoms with van der Waals surface area (Å²) in [5.41, 5.74) is 1.65. The van der Waals surface area contributed by atoms with E-state index in [2.05, 4.69) is 5.10 Å². The van der Waals surface area contributed by atoms with Crippen molar-refractivity contribution in [1.82, 2.24) is 9.78 Å². The Kier molecular flexibility index (Phi) is 2.51. The molecule has 0 aliphatic heterocycles. The monoisotopic (exact) mass is 206 g/mol. The van der Waals surface area contributed by atoms with Crippen molar-refractivity contribution >= 4 is 0 Å². The molecule has 2 rings (SSSR count). The van der Waals surface area contributed by atoms with E-state index in [1.54, 1.807) is 36.0 Å². The van der Waals surface area contributed by atoms with Crippen LogP contribution in [0.4, 0.5) is 4.39 Å². The first-order chi connectivity index (χ1) is 7.22. The summed E-state index contributed by atoms with van der Waals surface area (Å²) in [6.07, 6.45) is 0. The summed E-state index contributed by atoms with van der Waals surface area (Å²) in [5, 5.41) is 13.1. The van der Waals surface area contributed by atoms with Gasteiger partial charge in [0.15, 0.2) is 0 Å². The molecule has 0 aliphatic rings. The molecule has 15 heavy (non-hydrogen) atoms. The van der Waals surface area contributed by atoms with Crippen molar-refractivity contribution in [2.24, 2.45) is 7.05 Å². The standard InChI is InChI=1S/C11H11FN2O/c1-14-8(7-15)6-11(13-14)9-4-2-3-5-10(9)12/h2-6,15H,7H2,1H3. The molecule has 0 radical (unpaired) electrons. The lowest BCUT2D eigenvalue weighted by Crippen LogP contribution is -1.97. The SMILES string of the molecule is Cn1nc(-c2ccccc2F)cc1CO. The maximum Gasteiger partial charge on any atom is 0.132 e. The molecule has 78 valence electrons. The number of halogens is 1. The third-order valence-corrected chi connectivity index (χ3v) is 2.29. The number of aryl methyl sites for hydroxylation is 1. The van der Waals surface area contributed by atoms with Gasteiger partial charge in [-0.3, -0.25) is 4.68 Å². The highest BCUT2D eigenvalue weighted by Gasteiger charge is 2.09. The van der Waals surface area contributed by atoms with Gasteiger partial charge in [-0.15, -0.1) is 0 Å². The van der Waals surface area contributed by atoms with Gasteiger partial charge in [-0.05, 0) is 18.2 Å². The van der Waals surface area contributed by atoms with E-state index in [-0.39, 0.29) is 12.4 Å². The molecule has 0 bridgehead atoms. The predicted molar refractivity (Wildman–Crippen MR) is 54.5 cm³/mol. The minimum Gasteiger partial charge on any atom is -0.390 e. The molecular weight excluding hydrogens is 195 g/mol. The summed E-state index contributed by atoms with van der Waals surface area (Å²) in [4.78, 5) is 0. The van der Waals surface area contributed by atoms with E-state index >= 15 is 0 Å². The zero-order valence-electron chi connectivity index (χ0n) is 8.31. The van der Waals surface area contributed by atoms with Crippen molar-refractivity contribution in [3.8, 4) is 11.3 Å². The molecule has 0 unspecified atom stereocenters. The Labute approximate surface area is 86.8 Å². The van der Waals surface area contributed by atoms with Gasteiger partial charge in [0.1, 0.15) is 5.82 Å². The lowest BCUT2D eigenvalue weighted by atomic mass is 10.1. The number of hydrogen-bond donors (Lipinski definition) is 1. The number of hydrogen-bond acceptors (Lipinski definition) is 2. The smallest absolute Gasteiger partial charge is 0.132 e. The van der Waals surface area contributed by atoms with Gasteiger partial charge in [0.25, 0.3) is 0 Å². The maximum absolute atomic E-state index is 13.4. The van der Waals surface area contributed by atoms with Gasteiger partial charge in [0.05, 0.1) is 18.0 Å². The fourth-order valence-electron chi connectivity index (χ4n) is 1.45. The topological polar surface area (TPSA) is 38.0 Å². The van der Waals surface area contributed by atoms with Gasteiger partial charge >= 0.3 is 0 Å². The molecule has 0 fully saturated rings. The zero-order valence-corrected chi connectivity index (χ0v) is 8.31. The average Bonchev–Trinajstić information content (AvgIpc) is 2.60. The number of aromatic nitrogens is 2. The molecular formula is C11H11FN2O. The van der Waals surface area contributed by atoms with Crippen LogP contribution in [0.15, 0.2) is 30.3 Å². The van der Waals surface area contributed by atoms with Crippen LogP contribution in [0, 0.1) is 5.82 Å². The highest BCUT2D eigenvalue weighted by Crippen LogP contribution is 2.21. The third-order valence-electron chi connectivity index (χ3n) is 2.29. The molecule has 0 saturated heterocycles. The average molecular weight is 206 g/mol. The number of rotatable bonds is 2. The van der Waals surface area contributed by atoms with Crippen LogP contribution < -0.4 is 0 Å². The molecule has 3 nitrogen and oxygen atoms in total. The number of benzene rings is 1. The van der Waals surface area contributed by atoms with Crippen molar-refractivity contribution in [3.63, 3.8) is 0 Å². The Hall–Kier alpha value is -1.68. The fourth-order valence-corrected chi connectivity index (χ4v) is 1.45. The Morgan fingerprint density at radius 1 is 1.40 bits per heavy atom. The molecule has 0 aliphatic carbocycles. The Morgan fingerprint density at radius 2 is 2.13 bits per heavy atom. The molecule has 0 amide bonds. The van der Waals surface area contributed by atoms with Gasteiger partial charge in [0, 0.05) is 12.6 Å². The molecule has 0 saturated carbocycles. The van der Waals surface area contributed by atoms with E-state index in [1.165, 1.54) is 6.07 Å². The van der Waals surface area contributed by atoms with Gasteiger partial charge in [-0.2, -0.15) is 5.10 Å². The largest absolute Gasteiger partial charge is 0.390 e. The lowest BCUT2D eigenvalue weighted by Gasteiger charge is -1.97. The minimum atomic E-state index is -0.305. The number of aliphatic hydroxyl groups excluding tert-OH is 1. The fraction of sp³-hybridized carbons (Fsp3) is 0.182. The van der Waals surface area contributed by atoms with Crippen molar-refractivity contribution in [3.05, 3.63) is 41.8 Å². The summed E-state index contributed by atoms with van der Waals surface area (Å²) in [6.45, 7) is -0.0993. The third kappa shape index (κ3) is 1.76. The van der Waals surface area contributed by atoms with Gasteiger partial charge in [-0.25, -0.2) is 4.39 Å². The lowest BCUT2D eigenvalue weighted by molar-refractivity contribution is 0.270. The van der Waals surface area contributed by atoms with Crippen LogP contribution in [0.3, 0.4) is 0 Å². The van der Waals surface area contributed by atoms with E-state index in [0.29, 0.717) is 17.0 Å². The molecule has 4 heteroatoms. The van der Waals surface area contributed by atoms with Crippen molar-refractivity contribution in [1.29, 1.82) is 0 Å². The molecule has 2 aromatic rings. The van der Waals surface area contributed by atoms with Crippen LogP contribution in [0.2, 0.25) is 0 Å². The van der Waals surface area contributed by atoms with Gasteiger partial charge in [-0.1, -0.05) is 12.1 Å². The molecule has 1 heterocycles.